The number of nitrogens with one attached hydrogen (secondary N) is 2. The van der Waals surface area contributed by atoms with Gasteiger partial charge in [-0.05, 0) is 56.9 Å². The Bertz CT molecular complexity index is 518. The molecule has 1 saturated carbocycles. The second-order valence-electron chi connectivity index (χ2n) is 6.19. The summed E-state index contributed by atoms with van der Waals surface area (Å²) in [5.41, 5.74) is 1.83. The number of benzene rings is 1. The second kappa shape index (κ2) is 5.31. The summed E-state index contributed by atoms with van der Waals surface area (Å²) in [5.74, 6) is 1.57. The largest absolute Gasteiger partial charge is 0.382 e. The van der Waals surface area contributed by atoms with E-state index in [0.717, 1.165) is 17.2 Å². The highest BCUT2D eigenvalue weighted by Gasteiger charge is 2.40. The van der Waals surface area contributed by atoms with E-state index < -0.39 is 0 Å². The minimum atomic E-state index is -0.00557. The Labute approximate surface area is 120 Å². The van der Waals surface area contributed by atoms with E-state index in [4.69, 9.17) is 0 Å². The highest BCUT2D eigenvalue weighted by Crippen LogP contribution is 2.43. The summed E-state index contributed by atoms with van der Waals surface area (Å²) in [6.07, 6.45) is 7.15. The van der Waals surface area contributed by atoms with Crippen molar-refractivity contribution in [2.45, 2.75) is 38.8 Å². The molecule has 2 aliphatic rings. The van der Waals surface area contributed by atoms with Crippen LogP contribution in [0.2, 0.25) is 0 Å². The molecule has 106 valence electrons. The molecule has 0 radical (unpaired) electrons. The number of carbonyl (C=O) groups excluding carboxylic acids is 1. The van der Waals surface area contributed by atoms with Crippen LogP contribution in [-0.4, -0.2) is 18.0 Å². The van der Waals surface area contributed by atoms with Crippen molar-refractivity contribution in [3.63, 3.8) is 0 Å². The smallest absolute Gasteiger partial charge is 0.251 e. The molecule has 3 heteroatoms. The van der Waals surface area contributed by atoms with Crippen LogP contribution in [0.5, 0.6) is 0 Å². The molecule has 0 aliphatic heterocycles. The van der Waals surface area contributed by atoms with Gasteiger partial charge < -0.3 is 10.6 Å². The SMILES string of the molecule is CC(C)NC(=O)c1ccc(NC2CC3CC=CC32)cc1. The molecule has 0 heterocycles. The normalized spacial score (nSPS) is 27.1. The van der Waals surface area contributed by atoms with Gasteiger partial charge in [0.1, 0.15) is 0 Å². The first-order valence-electron chi connectivity index (χ1n) is 7.47. The number of amides is 1. The van der Waals surface area contributed by atoms with Gasteiger partial charge in [-0.3, -0.25) is 4.79 Å². The van der Waals surface area contributed by atoms with E-state index in [1.165, 1.54) is 12.8 Å². The summed E-state index contributed by atoms with van der Waals surface area (Å²) in [5, 5.41) is 6.48. The van der Waals surface area contributed by atoms with E-state index in [2.05, 4.69) is 22.8 Å². The van der Waals surface area contributed by atoms with Crippen molar-refractivity contribution < 1.29 is 4.79 Å². The van der Waals surface area contributed by atoms with Crippen molar-refractivity contribution in [1.82, 2.24) is 5.32 Å². The van der Waals surface area contributed by atoms with Crippen molar-refractivity contribution in [3.05, 3.63) is 42.0 Å². The number of fused-ring (bicyclic) bond motifs is 1. The summed E-state index contributed by atoms with van der Waals surface area (Å²) in [6.45, 7) is 3.94. The van der Waals surface area contributed by atoms with E-state index in [-0.39, 0.29) is 11.9 Å². The lowest BCUT2D eigenvalue weighted by Crippen LogP contribution is -2.43. The second-order valence-corrected chi connectivity index (χ2v) is 6.19. The van der Waals surface area contributed by atoms with Crippen LogP contribution in [0.25, 0.3) is 0 Å². The van der Waals surface area contributed by atoms with E-state index in [9.17, 15) is 4.79 Å². The fourth-order valence-electron chi connectivity index (χ4n) is 3.16. The fraction of sp³-hybridized carbons (Fsp3) is 0.471. The minimum Gasteiger partial charge on any atom is -0.382 e. The fourth-order valence-corrected chi connectivity index (χ4v) is 3.16. The minimum absolute atomic E-state index is 0.00557. The molecule has 3 unspecified atom stereocenters. The maximum Gasteiger partial charge on any atom is 0.251 e. The zero-order valence-corrected chi connectivity index (χ0v) is 12.1. The van der Waals surface area contributed by atoms with Gasteiger partial charge in [-0.15, -0.1) is 0 Å². The Morgan fingerprint density at radius 3 is 2.65 bits per heavy atom. The van der Waals surface area contributed by atoms with Gasteiger partial charge in [0.2, 0.25) is 0 Å². The quantitative estimate of drug-likeness (QED) is 0.825. The van der Waals surface area contributed by atoms with Crippen LogP contribution in [0.15, 0.2) is 36.4 Å². The maximum absolute atomic E-state index is 11.9. The van der Waals surface area contributed by atoms with Crippen molar-refractivity contribution in [2.24, 2.45) is 11.8 Å². The van der Waals surface area contributed by atoms with E-state index in [1.807, 2.05) is 38.1 Å². The molecular weight excluding hydrogens is 248 g/mol. The maximum atomic E-state index is 11.9. The summed E-state index contributed by atoms with van der Waals surface area (Å²) < 4.78 is 0. The van der Waals surface area contributed by atoms with Crippen molar-refractivity contribution in [1.29, 1.82) is 0 Å². The molecule has 2 aliphatic carbocycles. The molecule has 1 amide bonds. The van der Waals surface area contributed by atoms with Crippen LogP contribution < -0.4 is 10.6 Å². The molecule has 3 atom stereocenters. The lowest BCUT2D eigenvalue weighted by atomic mass is 9.71. The third-order valence-corrected chi connectivity index (χ3v) is 4.28. The van der Waals surface area contributed by atoms with E-state index >= 15 is 0 Å². The average Bonchev–Trinajstić information content (AvgIpc) is 2.77. The number of hydrogen-bond acceptors (Lipinski definition) is 2. The Hall–Kier alpha value is -1.77. The Kier molecular flexibility index (Phi) is 3.51. The zero-order chi connectivity index (χ0) is 14.1. The van der Waals surface area contributed by atoms with Crippen molar-refractivity contribution in [2.75, 3.05) is 5.32 Å². The summed E-state index contributed by atoms with van der Waals surface area (Å²) in [7, 11) is 0. The van der Waals surface area contributed by atoms with Crippen molar-refractivity contribution >= 4 is 11.6 Å². The average molecular weight is 270 g/mol. The molecule has 3 rings (SSSR count). The van der Waals surface area contributed by atoms with Gasteiger partial charge >= 0.3 is 0 Å². The first-order chi connectivity index (χ1) is 9.63. The highest BCUT2D eigenvalue weighted by molar-refractivity contribution is 5.94. The predicted molar refractivity (Wildman–Crippen MR) is 81.8 cm³/mol. The molecular formula is C17H22N2O. The molecule has 1 aromatic rings. The predicted octanol–water partition coefficient (Wildman–Crippen LogP) is 3.20. The van der Waals surface area contributed by atoms with Gasteiger partial charge in [0.05, 0.1) is 0 Å². The number of carbonyl (C=O) groups is 1. The first kappa shape index (κ1) is 13.2. The Balaban J connectivity index is 1.59. The van der Waals surface area contributed by atoms with Crippen LogP contribution in [0.3, 0.4) is 0 Å². The summed E-state index contributed by atoms with van der Waals surface area (Å²) in [6, 6.07) is 8.51. The standard InChI is InChI=1S/C17H22N2O/c1-11(2)18-17(20)12-6-8-14(9-7-12)19-16-10-13-4-3-5-15(13)16/h3,5-9,11,13,15-16,19H,4,10H2,1-2H3,(H,18,20). The van der Waals surface area contributed by atoms with Crippen molar-refractivity contribution in [3.8, 4) is 0 Å². The van der Waals surface area contributed by atoms with Gasteiger partial charge in [0, 0.05) is 29.3 Å². The van der Waals surface area contributed by atoms with Gasteiger partial charge in [0.25, 0.3) is 5.91 Å². The molecule has 0 spiro atoms. The van der Waals surface area contributed by atoms with Crippen LogP contribution in [0.1, 0.15) is 37.0 Å². The first-order valence-corrected chi connectivity index (χ1v) is 7.47. The lowest BCUT2D eigenvalue weighted by molar-refractivity contribution is 0.0943. The molecule has 1 fully saturated rings. The number of rotatable bonds is 4. The number of anilines is 1. The van der Waals surface area contributed by atoms with E-state index in [0.29, 0.717) is 12.0 Å². The summed E-state index contributed by atoms with van der Waals surface area (Å²) >= 11 is 0. The van der Waals surface area contributed by atoms with Crippen LogP contribution in [0, 0.1) is 11.8 Å². The molecule has 1 aromatic carbocycles. The molecule has 0 aromatic heterocycles. The van der Waals surface area contributed by atoms with E-state index in [1.54, 1.807) is 0 Å². The number of hydrogen-bond donors (Lipinski definition) is 2. The van der Waals surface area contributed by atoms with Gasteiger partial charge in [-0.1, -0.05) is 12.2 Å². The molecule has 20 heavy (non-hydrogen) atoms. The highest BCUT2D eigenvalue weighted by atomic mass is 16.1. The van der Waals surface area contributed by atoms with Gasteiger partial charge in [-0.25, -0.2) is 0 Å². The number of allylic oxidation sites excluding steroid dienone is 1. The molecule has 2 N–H and O–H groups in total. The molecule has 0 saturated heterocycles. The third kappa shape index (κ3) is 2.58. The topological polar surface area (TPSA) is 41.1 Å². The van der Waals surface area contributed by atoms with Crippen LogP contribution >= 0.6 is 0 Å². The van der Waals surface area contributed by atoms with Crippen LogP contribution in [0.4, 0.5) is 5.69 Å². The Morgan fingerprint density at radius 1 is 1.25 bits per heavy atom. The van der Waals surface area contributed by atoms with Crippen LogP contribution in [-0.2, 0) is 0 Å². The monoisotopic (exact) mass is 270 g/mol. The van der Waals surface area contributed by atoms with Gasteiger partial charge in [-0.2, -0.15) is 0 Å². The molecule has 0 bridgehead atoms. The zero-order valence-electron chi connectivity index (χ0n) is 12.1. The third-order valence-electron chi connectivity index (χ3n) is 4.28. The Morgan fingerprint density at radius 2 is 2.00 bits per heavy atom. The van der Waals surface area contributed by atoms with Gasteiger partial charge in [0.15, 0.2) is 0 Å². The summed E-state index contributed by atoms with van der Waals surface area (Å²) in [4.78, 5) is 11.9. The lowest BCUT2D eigenvalue weighted by Gasteiger charge is -2.41. The molecule has 3 nitrogen and oxygen atoms in total.